The highest BCUT2D eigenvalue weighted by molar-refractivity contribution is 5.84. The first-order chi connectivity index (χ1) is 10.1. The summed E-state index contributed by atoms with van der Waals surface area (Å²) in [4.78, 5) is 18.0. The fraction of sp³-hybridized carbons (Fsp3) is 0.267. The van der Waals surface area contributed by atoms with Gasteiger partial charge in [-0.1, -0.05) is 12.1 Å². The summed E-state index contributed by atoms with van der Waals surface area (Å²) in [6.45, 7) is 3.67. The van der Waals surface area contributed by atoms with Gasteiger partial charge in [0, 0.05) is 23.9 Å². The largest absolute Gasteiger partial charge is 0.497 e. The first-order valence-electron chi connectivity index (χ1n) is 6.57. The van der Waals surface area contributed by atoms with Crippen LogP contribution in [0.5, 0.6) is 5.75 Å². The summed E-state index contributed by atoms with van der Waals surface area (Å²) >= 11 is 0. The highest BCUT2D eigenvalue weighted by Gasteiger charge is 1.99. The molecule has 1 aromatic heterocycles. The van der Waals surface area contributed by atoms with Gasteiger partial charge in [0.15, 0.2) is 0 Å². The SMILES string of the molecule is COc1ccc(C/C(C)=N/Nc2nc(C)cc(=O)[nH]2)cc1. The molecule has 110 valence electrons. The van der Waals surface area contributed by atoms with Crippen LogP contribution in [0.1, 0.15) is 18.2 Å². The minimum Gasteiger partial charge on any atom is -0.497 e. The maximum absolute atomic E-state index is 11.3. The molecule has 1 heterocycles. The number of benzene rings is 1. The number of hydrazone groups is 1. The molecule has 2 aromatic rings. The van der Waals surface area contributed by atoms with Crippen molar-refractivity contribution in [1.82, 2.24) is 9.97 Å². The maximum atomic E-state index is 11.3. The molecule has 0 bridgehead atoms. The van der Waals surface area contributed by atoms with Crippen molar-refractivity contribution in [1.29, 1.82) is 0 Å². The van der Waals surface area contributed by atoms with Crippen LogP contribution in [0, 0.1) is 6.92 Å². The molecule has 6 nitrogen and oxygen atoms in total. The Kier molecular flexibility index (Phi) is 4.71. The lowest BCUT2D eigenvalue weighted by atomic mass is 10.1. The van der Waals surface area contributed by atoms with E-state index in [4.69, 9.17) is 4.74 Å². The van der Waals surface area contributed by atoms with Gasteiger partial charge >= 0.3 is 0 Å². The summed E-state index contributed by atoms with van der Waals surface area (Å²) < 4.78 is 5.12. The van der Waals surface area contributed by atoms with Crippen molar-refractivity contribution < 1.29 is 4.74 Å². The molecular weight excluding hydrogens is 268 g/mol. The van der Waals surface area contributed by atoms with E-state index in [1.54, 1.807) is 14.0 Å². The maximum Gasteiger partial charge on any atom is 0.252 e. The molecule has 21 heavy (non-hydrogen) atoms. The lowest BCUT2D eigenvalue weighted by Gasteiger charge is -2.05. The second-order valence-corrected chi connectivity index (χ2v) is 4.72. The van der Waals surface area contributed by atoms with Gasteiger partial charge in [-0.2, -0.15) is 5.10 Å². The molecule has 0 aliphatic rings. The molecule has 0 fully saturated rings. The number of hydrogen-bond acceptors (Lipinski definition) is 5. The summed E-state index contributed by atoms with van der Waals surface area (Å²) in [6, 6.07) is 9.24. The van der Waals surface area contributed by atoms with Crippen LogP contribution in [0.25, 0.3) is 0 Å². The fourth-order valence-electron chi connectivity index (χ4n) is 1.86. The molecule has 2 N–H and O–H groups in total. The standard InChI is InChI=1S/C15H18N4O2/c1-10-9-14(20)17-15(16-10)19-18-11(2)8-12-4-6-13(21-3)7-5-12/h4-7,9H,8H2,1-3H3,(H2,16,17,19,20)/b18-11+. The number of ether oxygens (including phenoxy) is 1. The minimum atomic E-state index is -0.201. The third kappa shape index (κ3) is 4.45. The van der Waals surface area contributed by atoms with E-state index in [-0.39, 0.29) is 5.56 Å². The third-order valence-electron chi connectivity index (χ3n) is 2.84. The van der Waals surface area contributed by atoms with Crippen molar-refractivity contribution >= 4 is 11.7 Å². The van der Waals surface area contributed by atoms with Crippen molar-refractivity contribution in [3.8, 4) is 5.75 Å². The number of aromatic nitrogens is 2. The number of aromatic amines is 1. The number of H-pyrrole nitrogens is 1. The van der Waals surface area contributed by atoms with Gasteiger partial charge in [0.2, 0.25) is 5.95 Å². The molecule has 0 atom stereocenters. The zero-order chi connectivity index (χ0) is 15.2. The van der Waals surface area contributed by atoms with Gasteiger partial charge in [-0.3, -0.25) is 9.78 Å². The van der Waals surface area contributed by atoms with E-state index < -0.39 is 0 Å². The van der Waals surface area contributed by atoms with Crippen molar-refractivity contribution in [2.45, 2.75) is 20.3 Å². The molecule has 2 rings (SSSR count). The van der Waals surface area contributed by atoms with Gasteiger partial charge in [-0.05, 0) is 31.5 Å². The number of aryl methyl sites for hydroxylation is 1. The molecule has 0 unspecified atom stereocenters. The lowest BCUT2D eigenvalue weighted by Crippen LogP contribution is -2.11. The van der Waals surface area contributed by atoms with Crippen LogP contribution in [-0.2, 0) is 6.42 Å². The zero-order valence-corrected chi connectivity index (χ0v) is 12.3. The molecule has 1 aromatic carbocycles. The van der Waals surface area contributed by atoms with E-state index in [0.29, 0.717) is 18.1 Å². The van der Waals surface area contributed by atoms with E-state index >= 15 is 0 Å². The van der Waals surface area contributed by atoms with Crippen LogP contribution in [0.2, 0.25) is 0 Å². The Morgan fingerprint density at radius 2 is 2.10 bits per heavy atom. The molecule has 0 radical (unpaired) electrons. The predicted molar refractivity (Wildman–Crippen MR) is 83.0 cm³/mol. The summed E-state index contributed by atoms with van der Waals surface area (Å²) in [6.07, 6.45) is 0.701. The monoisotopic (exact) mass is 286 g/mol. The number of rotatable bonds is 5. The normalized spacial score (nSPS) is 11.3. The van der Waals surface area contributed by atoms with Crippen LogP contribution >= 0.6 is 0 Å². The fourth-order valence-corrected chi connectivity index (χ4v) is 1.86. The number of anilines is 1. The van der Waals surface area contributed by atoms with Gasteiger partial charge in [0.1, 0.15) is 5.75 Å². The second-order valence-electron chi connectivity index (χ2n) is 4.72. The molecule has 0 saturated carbocycles. The van der Waals surface area contributed by atoms with Gasteiger partial charge in [0.25, 0.3) is 5.56 Å². The Morgan fingerprint density at radius 1 is 1.38 bits per heavy atom. The van der Waals surface area contributed by atoms with E-state index in [2.05, 4.69) is 20.5 Å². The van der Waals surface area contributed by atoms with Gasteiger partial charge in [-0.15, -0.1) is 0 Å². The number of methoxy groups -OCH3 is 1. The quantitative estimate of drug-likeness (QED) is 0.652. The Hall–Kier alpha value is -2.63. The third-order valence-corrected chi connectivity index (χ3v) is 2.84. The van der Waals surface area contributed by atoms with Crippen LogP contribution in [0.15, 0.2) is 40.2 Å². The highest BCUT2D eigenvalue weighted by Crippen LogP contribution is 2.12. The first kappa shape index (κ1) is 14.8. The van der Waals surface area contributed by atoms with Crippen molar-refractivity contribution in [2.24, 2.45) is 5.10 Å². The first-order valence-corrected chi connectivity index (χ1v) is 6.57. The Balaban J connectivity index is 2.01. The number of nitrogens with zero attached hydrogens (tertiary/aromatic N) is 2. The second kappa shape index (κ2) is 6.69. The van der Waals surface area contributed by atoms with Gasteiger partial charge < -0.3 is 4.74 Å². The number of hydrogen-bond donors (Lipinski definition) is 2. The summed E-state index contributed by atoms with van der Waals surface area (Å²) in [5, 5.41) is 4.22. The highest BCUT2D eigenvalue weighted by atomic mass is 16.5. The average Bonchev–Trinajstić information content (AvgIpc) is 2.45. The topological polar surface area (TPSA) is 79.4 Å². The van der Waals surface area contributed by atoms with Crippen LogP contribution in [-0.4, -0.2) is 22.8 Å². The van der Waals surface area contributed by atoms with Gasteiger partial charge in [-0.25, -0.2) is 10.4 Å². The Labute approximate surface area is 122 Å². The molecule has 0 spiro atoms. The van der Waals surface area contributed by atoms with Crippen LogP contribution < -0.4 is 15.7 Å². The lowest BCUT2D eigenvalue weighted by molar-refractivity contribution is 0.414. The van der Waals surface area contributed by atoms with Gasteiger partial charge in [0.05, 0.1) is 7.11 Å². The summed E-state index contributed by atoms with van der Waals surface area (Å²) in [5.74, 6) is 1.17. The van der Waals surface area contributed by atoms with Crippen LogP contribution in [0.4, 0.5) is 5.95 Å². The van der Waals surface area contributed by atoms with E-state index in [1.807, 2.05) is 31.2 Å². The molecule has 0 aliphatic carbocycles. The zero-order valence-electron chi connectivity index (χ0n) is 12.3. The van der Waals surface area contributed by atoms with Crippen molar-refractivity contribution in [3.05, 3.63) is 51.9 Å². The minimum absolute atomic E-state index is 0.201. The average molecular weight is 286 g/mol. The van der Waals surface area contributed by atoms with E-state index in [0.717, 1.165) is 17.0 Å². The van der Waals surface area contributed by atoms with Crippen molar-refractivity contribution in [3.63, 3.8) is 0 Å². The molecule has 0 amide bonds. The smallest absolute Gasteiger partial charge is 0.252 e. The molecular formula is C15H18N4O2. The van der Waals surface area contributed by atoms with E-state index in [1.165, 1.54) is 6.07 Å². The molecule has 0 saturated heterocycles. The van der Waals surface area contributed by atoms with Crippen molar-refractivity contribution in [2.75, 3.05) is 12.5 Å². The Morgan fingerprint density at radius 3 is 2.71 bits per heavy atom. The Bertz CT molecular complexity index is 690. The van der Waals surface area contributed by atoms with Crippen LogP contribution in [0.3, 0.4) is 0 Å². The molecule has 6 heteroatoms. The molecule has 0 aliphatic heterocycles. The predicted octanol–water partition coefficient (Wildman–Crippen LogP) is 2.12. The summed E-state index contributed by atoms with van der Waals surface area (Å²) in [5.41, 5.74) is 5.22. The number of nitrogens with one attached hydrogen (secondary N) is 2. The van der Waals surface area contributed by atoms with E-state index in [9.17, 15) is 4.79 Å². The summed E-state index contributed by atoms with van der Waals surface area (Å²) in [7, 11) is 1.64.